The van der Waals surface area contributed by atoms with Crippen LogP contribution in [0.3, 0.4) is 0 Å². The number of carbonyl (C=O) groups excluding carboxylic acids is 1. The Labute approximate surface area is 183 Å². The van der Waals surface area contributed by atoms with E-state index < -0.39 is 0 Å². The number of hydrogen-bond donors (Lipinski definition) is 1. The molecule has 0 aliphatic carbocycles. The fourth-order valence-corrected chi connectivity index (χ4v) is 4.21. The zero-order chi connectivity index (χ0) is 22.0. The SMILES string of the molecule is COc1ccc(-c2csc3nc(C)nc(Oc4ccc(NC(C)=O)cc4)c23)cc1OC. The lowest BCUT2D eigenvalue weighted by Gasteiger charge is -2.11. The number of ether oxygens (including phenoxy) is 3. The van der Waals surface area contributed by atoms with E-state index in [2.05, 4.69) is 15.3 Å². The maximum Gasteiger partial charge on any atom is 0.231 e. The standard InChI is InChI=1S/C23H21N3O4S/c1-13-24-22(30-17-8-6-16(7-9-17)26-14(2)27)21-18(12-31-23(21)25-13)15-5-10-19(28-3)20(11-15)29-4/h5-12H,1-4H3,(H,26,27). The Bertz CT molecular complexity index is 1250. The highest BCUT2D eigenvalue weighted by molar-refractivity contribution is 7.17. The van der Waals surface area contributed by atoms with E-state index in [4.69, 9.17) is 14.2 Å². The quantitative estimate of drug-likeness (QED) is 0.435. The number of aryl methyl sites for hydroxylation is 1. The second-order valence-electron chi connectivity index (χ2n) is 6.78. The summed E-state index contributed by atoms with van der Waals surface area (Å²) in [6, 6.07) is 12.9. The number of rotatable bonds is 6. The topological polar surface area (TPSA) is 82.6 Å². The highest BCUT2D eigenvalue weighted by atomic mass is 32.1. The predicted octanol–water partition coefficient (Wildman–Crippen LogP) is 5.43. The summed E-state index contributed by atoms with van der Waals surface area (Å²) in [7, 11) is 3.22. The molecule has 0 radical (unpaired) electrons. The third kappa shape index (κ3) is 4.29. The number of fused-ring (bicyclic) bond motifs is 1. The first-order chi connectivity index (χ1) is 15.0. The molecule has 1 N–H and O–H groups in total. The molecular formula is C23H21N3O4S. The van der Waals surface area contributed by atoms with Gasteiger partial charge in [0.1, 0.15) is 16.4 Å². The number of nitrogens with one attached hydrogen (secondary N) is 1. The van der Waals surface area contributed by atoms with Crippen molar-refractivity contribution in [2.75, 3.05) is 19.5 Å². The number of aromatic nitrogens is 2. The predicted molar refractivity (Wildman–Crippen MR) is 122 cm³/mol. The highest BCUT2D eigenvalue weighted by Gasteiger charge is 2.17. The lowest BCUT2D eigenvalue weighted by atomic mass is 10.1. The van der Waals surface area contributed by atoms with Crippen LogP contribution in [0.2, 0.25) is 0 Å². The van der Waals surface area contributed by atoms with E-state index in [-0.39, 0.29) is 5.91 Å². The number of benzene rings is 2. The Morgan fingerprint density at radius 3 is 2.42 bits per heavy atom. The van der Waals surface area contributed by atoms with Crippen LogP contribution >= 0.6 is 11.3 Å². The van der Waals surface area contributed by atoms with Crippen LogP contribution in [0, 0.1) is 6.92 Å². The van der Waals surface area contributed by atoms with Crippen LogP contribution in [0.25, 0.3) is 21.3 Å². The van der Waals surface area contributed by atoms with Crippen molar-refractivity contribution < 1.29 is 19.0 Å². The van der Waals surface area contributed by atoms with Crippen molar-refractivity contribution >= 4 is 33.1 Å². The number of nitrogens with zero attached hydrogens (tertiary/aromatic N) is 2. The van der Waals surface area contributed by atoms with E-state index >= 15 is 0 Å². The maximum absolute atomic E-state index is 11.2. The minimum Gasteiger partial charge on any atom is -0.493 e. The summed E-state index contributed by atoms with van der Waals surface area (Å²) in [6.07, 6.45) is 0. The number of anilines is 1. The third-order valence-electron chi connectivity index (χ3n) is 4.60. The number of methoxy groups -OCH3 is 2. The minimum atomic E-state index is -0.125. The van der Waals surface area contributed by atoms with Gasteiger partial charge in [0.05, 0.1) is 19.6 Å². The van der Waals surface area contributed by atoms with Crippen LogP contribution in [-0.4, -0.2) is 30.1 Å². The van der Waals surface area contributed by atoms with Gasteiger partial charge in [0.2, 0.25) is 11.8 Å². The van der Waals surface area contributed by atoms with Gasteiger partial charge in [-0.3, -0.25) is 4.79 Å². The van der Waals surface area contributed by atoms with Crippen LogP contribution in [-0.2, 0) is 4.79 Å². The van der Waals surface area contributed by atoms with Crippen LogP contribution < -0.4 is 19.5 Å². The number of carbonyl (C=O) groups is 1. The van der Waals surface area contributed by atoms with Gasteiger partial charge in [-0.05, 0) is 48.9 Å². The molecule has 31 heavy (non-hydrogen) atoms. The molecule has 8 heteroatoms. The van der Waals surface area contributed by atoms with Crippen molar-refractivity contribution in [3.63, 3.8) is 0 Å². The van der Waals surface area contributed by atoms with Gasteiger partial charge < -0.3 is 19.5 Å². The normalized spacial score (nSPS) is 10.7. The van der Waals surface area contributed by atoms with Gasteiger partial charge in [-0.15, -0.1) is 11.3 Å². The molecule has 0 bridgehead atoms. The Kier molecular flexibility index (Phi) is 5.73. The third-order valence-corrected chi connectivity index (χ3v) is 5.47. The Hall–Kier alpha value is -3.65. The first kappa shape index (κ1) is 20.6. The summed E-state index contributed by atoms with van der Waals surface area (Å²) in [5, 5.41) is 5.60. The summed E-state index contributed by atoms with van der Waals surface area (Å²) < 4.78 is 16.9. The molecule has 2 heterocycles. The summed E-state index contributed by atoms with van der Waals surface area (Å²) in [4.78, 5) is 21.2. The molecule has 7 nitrogen and oxygen atoms in total. The van der Waals surface area contributed by atoms with E-state index in [1.165, 1.54) is 18.3 Å². The molecule has 2 aromatic heterocycles. The summed E-state index contributed by atoms with van der Waals surface area (Å²) in [5.74, 6) is 2.88. The first-order valence-electron chi connectivity index (χ1n) is 9.52. The molecule has 1 amide bonds. The van der Waals surface area contributed by atoms with Crippen molar-refractivity contribution in [2.45, 2.75) is 13.8 Å². The maximum atomic E-state index is 11.2. The second kappa shape index (κ2) is 8.61. The average molecular weight is 436 g/mol. The molecule has 0 saturated carbocycles. The van der Waals surface area contributed by atoms with Gasteiger partial charge in [-0.1, -0.05) is 6.07 Å². The summed E-state index contributed by atoms with van der Waals surface area (Å²) in [5.41, 5.74) is 2.60. The van der Waals surface area contributed by atoms with Crippen LogP contribution in [0.1, 0.15) is 12.7 Å². The summed E-state index contributed by atoms with van der Waals surface area (Å²) in [6.45, 7) is 3.30. The minimum absolute atomic E-state index is 0.125. The first-order valence-corrected chi connectivity index (χ1v) is 10.4. The molecule has 0 spiro atoms. The fraction of sp³-hybridized carbons (Fsp3) is 0.174. The number of hydrogen-bond acceptors (Lipinski definition) is 7. The van der Waals surface area contributed by atoms with Crippen molar-refractivity contribution in [2.24, 2.45) is 0 Å². The fourth-order valence-electron chi connectivity index (χ4n) is 3.22. The van der Waals surface area contributed by atoms with Gasteiger partial charge in [-0.2, -0.15) is 4.98 Å². The van der Waals surface area contributed by atoms with E-state index in [0.717, 1.165) is 21.3 Å². The van der Waals surface area contributed by atoms with Crippen molar-refractivity contribution in [1.29, 1.82) is 0 Å². The Morgan fingerprint density at radius 2 is 1.74 bits per heavy atom. The van der Waals surface area contributed by atoms with E-state index in [1.807, 2.05) is 30.5 Å². The molecule has 158 valence electrons. The van der Waals surface area contributed by atoms with Crippen molar-refractivity contribution in [3.05, 3.63) is 53.7 Å². The zero-order valence-electron chi connectivity index (χ0n) is 17.6. The van der Waals surface area contributed by atoms with E-state index in [0.29, 0.717) is 34.6 Å². The molecular weight excluding hydrogens is 414 g/mol. The van der Waals surface area contributed by atoms with Crippen molar-refractivity contribution in [3.8, 4) is 34.3 Å². The summed E-state index contributed by atoms with van der Waals surface area (Å²) >= 11 is 1.53. The molecule has 0 atom stereocenters. The van der Waals surface area contributed by atoms with Gasteiger partial charge in [0.25, 0.3) is 0 Å². The van der Waals surface area contributed by atoms with Gasteiger partial charge in [0, 0.05) is 23.6 Å². The van der Waals surface area contributed by atoms with Gasteiger partial charge in [-0.25, -0.2) is 4.98 Å². The molecule has 4 rings (SSSR count). The second-order valence-corrected chi connectivity index (χ2v) is 7.64. The van der Waals surface area contributed by atoms with Crippen LogP contribution in [0.5, 0.6) is 23.1 Å². The molecule has 0 fully saturated rings. The van der Waals surface area contributed by atoms with Gasteiger partial charge >= 0.3 is 0 Å². The molecule has 2 aromatic carbocycles. The number of thiophene rings is 1. The Morgan fingerprint density at radius 1 is 1.00 bits per heavy atom. The molecule has 0 saturated heterocycles. The van der Waals surface area contributed by atoms with E-state index in [9.17, 15) is 4.79 Å². The van der Waals surface area contributed by atoms with E-state index in [1.54, 1.807) is 38.5 Å². The van der Waals surface area contributed by atoms with Crippen molar-refractivity contribution in [1.82, 2.24) is 9.97 Å². The molecule has 0 aliphatic heterocycles. The monoisotopic (exact) mass is 435 g/mol. The highest BCUT2D eigenvalue weighted by Crippen LogP contribution is 2.41. The number of amides is 1. The Balaban J connectivity index is 1.76. The molecule has 0 aliphatic rings. The smallest absolute Gasteiger partial charge is 0.231 e. The van der Waals surface area contributed by atoms with Crippen LogP contribution in [0.4, 0.5) is 5.69 Å². The lowest BCUT2D eigenvalue weighted by Crippen LogP contribution is -2.05. The largest absolute Gasteiger partial charge is 0.493 e. The zero-order valence-corrected chi connectivity index (χ0v) is 18.4. The van der Waals surface area contributed by atoms with Gasteiger partial charge in [0.15, 0.2) is 11.5 Å². The lowest BCUT2D eigenvalue weighted by molar-refractivity contribution is -0.114. The molecule has 0 unspecified atom stereocenters. The molecule has 4 aromatic rings. The average Bonchev–Trinajstić information content (AvgIpc) is 3.18. The van der Waals surface area contributed by atoms with Crippen LogP contribution in [0.15, 0.2) is 47.8 Å².